The molecular formula is C15H21ClN2. The standard InChI is InChI=1S/C15H21ClN2/c1-2-10-6-12(16)7-13-14(9-18-15(10)13)11-4-3-5-17-8-11/h4,9-10,12,17-18H,2-3,5-8H2,1H3. The van der Waals surface area contributed by atoms with E-state index in [1.165, 1.54) is 28.8 Å². The lowest BCUT2D eigenvalue weighted by Gasteiger charge is -2.26. The molecule has 98 valence electrons. The average Bonchev–Trinajstić information content (AvgIpc) is 2.82. The number of H-pyrrole nitrogens is 1. The molecule has 2 unspecified atom stereocenters. The average molecular weight is 265 g/mol. The summed E-state index contributed by atoms with van der Waals surface area (Å²) in [5.74, 6) is 0.613. The van der Waals surface area contributed by atoms with Crippen molar-refractivity contribution in [3.05, 3.63) is 29.1 Å². The Morgan fingerprint density at radius 1 is 1.44 bits per heavy atom. The van der Waals surface area contributed by atoms with E-state index in [0.717, 1.165) is 32.4 Å². The van der Waals surface area contributed by atoms with Crippen LogP contribution >= 0.6 is 11.6 Å². The maximum Gasteiger partial charge on any atom is 0.0383 e. The van der Waals surface area contributed by atoms with Crippen LogP contribution in [0.1, 0.15) is 48.9 Å². The van der Waals surface area contributed by atoms with Crippen molar-refractivity contribution < 1.29 is 0 Å². The van der Waals surface area contributed by atoms with Crippen LogP contribution < -0.4 is 5.32 Å². The molecule has 1 aromatic heterocycles. The van der Waals surface area contributed by atoms with Gasteiger partial charge >= 0.3 is 0 Å². The number of aromatic nitrogens is 1. The number of alkyl halides is 1. The maximum absolute atomic E-state index is 6.44. The molecule has 0 spiro atoms. The molecule has 0 aromatic carbocycles. The molecule has 0 fully saturated rings. The van der Waals surface area contributed by atoms with Gasteiger partial charge in [-0.3, -0.25) is 0 Å². The maximum atomic E-state index is 6.44. The zero-order valence-electron chi connectivity index (χ0n) is 10.9. The molecule has 3 heteroatoms. The first kappa shape index (κ1) is 12.3. The van der Waals surface area contributed by atoms with Crippen LogP contribution in [0.5, 0.6) is 0 Å². The SMILES string of the molecule is CCC1CC(Cl)Cc2c(C3=CCCNC3)c[nH]c21. The number of hydrogen-bond acceptors (Lipinski definition) is 1. The lowest BCUT2D eigenvalue weighted by atomic mass is 9.83. The zero-order chi connectivity index (χ0) is 12.5. The van der Waals surface area contributed by atoms with Crippen molar-refractivity contribution in [3.63, 3.8) is 0 Å². The highest BCUT2D eigenvalue weighted by Gasteiger charge is 2.28. The van der Waals surface area contributed by atoms with E-state index in [4.69, 9.17) is 11.6 Å². The third-order valence-corrected chi connectivity index (χ3v) is 4.59. The van der Waals surface area contributed by atoms with Crippen molar-refractivity contribution >= 4 is 17.2 Å². The van der Waals surface area contributed by atoms with Crippen molar-refractivity contribution in [2.45, 2.75) is 43.9 Å². The minimum absolute atomic E-state index is 0.300. The van der Waals surface area contributed by atoms with Gasteiger partial charge in [0.25, 0.3) is 0 Å². The molecule has 1 aromatic rings. The quantitative estimate of drug-likeness (QED) is 0.787. The van der Waals surface area contributed by atoms with Gasteiger partial charge in [-0.1, -0.05) is 13.0 Å². The second kappa shape index (κ2) is 5.10. The van der Waals surface area contributed by atoms with Gasteiger partial charge in [0.2, 0.25) is 0 Å². The molecule has 0 saturated carbocycles. The fourth-order valence-electron chi connectivity index (χ4n) is 3.29. The molecule has 2 atom stereocenters. The van der Waals surface area contributed by atoms with Gasteiger partial charge in [0.1, 0.15) is 0 Å². The van der Waals surface area contributed by atoms with E-state index in [0.29, 0.717) is 11.3 Å². The fraction of sp³-hybridized carbons (Fsp3) is 0.600. The van der Waals surface area contributed by atoms with E-state index in [-0.39, 0.29) is 0 Å². The number of fused-ring (bicyclic) bond motifs is 1. The van der Waals surface area contributed by atoms with Crippen molar-refractivity contribution in [3.8, 4) is 0 Å². The van der Waals surface area contributed by atoms with Gasteiger partial charge in [-0.25, -0.2) is 0 Å². The Labute approximate surface area is 114 Å². The van der Waals surface area contributed by atoms with Crippen molar-refractivity contribution in [1.29, 1.82) is 0 Å². The molecule has 3 rings (SSSR count). The Bertz CT molecular complexity index is 461. The predicted molar refractivity (Wildman–Crippen MR) is 77.3 cm³/mol. The van der Waals surface area contributed by atoms with Crippen LogP contribution in [0.4, 0.5) is 0 Å². The number of halogens is 1. The van der Waals surface area contributed by atoms with E-state index < -0.39 is 0 Å². The summed E-state index contributed by atoms with van der Waals surface area (Å²) >= 11 is 6.44. The molecule has 2 aliphatic rings. The molecule has 0 bridgehead atoms. The van der Waals surface area contributed by atoms with E-state index in [1.54, 1.807) is 0 Å². The summed E-state index contributed by atoms with van der Waals surface area (Å²) in [4.78, 5) is 3.52. The molecule has 2 N–H and O–H groups in total. The van der Waals surface area contributed by atoms with Gasteiger partial charge in [0.05, 0.1) is 0 Å². The molecule has 2 heterocycles. The van der Waals surface area contributed by atoms with Gasteiger partial charge in [-0.2, -0.15) is 0 Å². The first-order chi connectivity index (χ1) is 8.79. The smallest absolute Gasteiger partial charge is 0.0383 e. The van der Waals surface area contributed by atoms with Crippen LogP contribution in [0.2, 0.25) is 0 Å². The van der Waals surface area contributed by atoms with Gasteiger partial charge < -0.3 is 10.3 Å². The normalized spacial score (nSPS) is 27.8. The van der Waals surface area contributed by atoms with Crippen LogP contribution in [0.15, 0.2) is 12.3 Å². The Morgan fingerprint density at radius 2 is 2.33 bits per heavy atom. The zero-order valence-corrected chi connectivity index (χ0v) is 11.7. The number of rotatable bonds is 2. The molecule has 1 aliphatic heterocycles. The lowest BCUT2D eigenvalue weighted by Crippen LogP contribution is -2.23. The topological polar surface area (TPSA) is 27.8 Å². The Morgan fingerprint density at radius 3 is 3.06 bits per heavy atom. The predicted octanol–water partition coefficient (Wildman–Crippen LogP) is 3.44. The first-order valence-electron chi connectivity index (χ1n) is 7.04. The third kappa shape index (κ3) is 2.12. The minimum atomic E-state index is 0.300. The summed E-state index contributed by atoms with van der Waals surface area (Å²) in [7, 11) is 0. The van der Waals surface area contributed by atoms with Crippen LogP contribution in [0, 0.1) is 0 Å². The summed E-state index contributed by atoms with van der Waals surface area (Å²) < 4.78 is 0. The second-order valence-electron chi connectivity index (χ2n) is 5.43. The number of hydrogen-bond donors (Lipinski definition) is 2. The van der Waals surface area contributed by atoms with Crippen molar-refractivity contribution in [2.24, 2.45) is 0 Å². The summed E-state index contributed by atoms with van der Waals surface area (Å²) in [5, 5.41) is 3.75. The summed E-state index contributed by atoms with van der Waals surface area (Å²) in [5.41, 5.74) is 5.76. The van der Waals surface area contributed by atoms with E-state index in [9.17, 15) is 0 Å². The number of aromatic amines is 1. The van der Waals surface area contributed by atoms with Crippen LogP contribution in [0.25, 0.3) is 5.57 Å². The Hall–Kier alpha value is -0.730. The van der Waals surface area contributed by atoms with Gasteiger partial charge in [0, 0.05) is 29.7 Å². The van der Waals surface area contributed by atoms with Crippen molar-refractivity contribution in [2.75, 3.05) is 13.1 Å². The molecule has 1 aliphatic carbocycles. The highest BCUT2D eigenvalue weighted by molar-refractivity contribution is 6.20. The highest BCUT2D eigenvalue weighted by Crippen LogP contribution is 2.39. The highest BCUT2D eigenvalue weighted by atomic mass is 35.5. The van der Waals surface area contributed by atoms with Gasteiger partial charge in [-0.15, -0.1) is 11.6 Å². The van der Waals surface area contributed by atoms with E-state index >= 15 is 0 Å². The third-order valence-electron chi connectivity index (χ3n) is 4.26. The number of nitrogens with one attached hydrogen (secondary N) is 2. The molecular weight excluding hydrogens is 244 g/mol. The second-order valence-corrected chi connectivity index (χ2v) is 6.05. The minimum Gasteiger partial charge on any atom is -0.364 e. The largest absolute Gasteiger partial charge is 0.364 e. The van der Waals surface area contributed by atoms with Crippen LogP contribution in [0.3, 0.4) is 0 Å². The van der Waals surface area contributed by atoms with Crippen LogP contribution in [-0.2, 0) is 6.42 Å². The monoisotopic (exact) mass is 264 g/mol. The van der Waals surface area contributed by atoms with Crippen molar-refractivity contribution in [1.82, 2.24) is 10.3 Å². The summed E-state index contributed by atoms with van der Waals surface area (Å²) in [6.45, 7) is 4.35. The molecule has 0 saturated heterocycles. The molecule has 2 nitrogen and oxygen atoms in total. The van der Waals surface area contributed by atoms with Gasteiger partial charge in [-0.05, 0) is 48.9 Å². The summed E-state index contributed by atoms with van der Waals surface area (Å²) in [6, 6.07) is 0. The van der Waals surface area contributed by atoms with Crippen LogP contribution in [-0.4, -0.2) is 23.5 Å². The summed E-state index contributed by atoms with van der Waals surface area (Å²) in [6.07, 6.45) is 9.01. The first-order valence-corrected chi connectivity index (χ1v) is 7.47. The molecule has 0 radical (unpaired) electrons. The molecule has 18 heavy (non-hydrogen) atoms. The fourth-order valence-corrected chi connectivity index (χ4v) is 3.66. The lowest BCUT2D eigenvalue weighted by molar-refractivity contribution is 0.535. The molecule has 0 amide bonds. The van der Waals surface area contributed by atoms with E-state index in [1.807, 2.05) is 0 Å². The Kier molecular flexibility index (Phi) is 3.49. The Balaban J connectivity index is 1.98. The van der Waals surface area contributed by atoms with E-state index in [2.05, 4.69) is 29.5 Å². The van der Waals surface area contributed by atoms with Gasteiger partial charge in [0.15, 0.2) is 0 Å².